The quantitative estimate of drug-likeness (QED) is 0.684. The van der Waals surface area contributed by atoms with Crippen LogP contribution in [0.25, 0.3) is 0 Å². The van der Waals surface area contributed by atoms with E-state index in [1.54, 1.807) is 0 Å². The average molecular weight is 213 g/mol. The Balaban J connectivity index is 0.000000337. The van der Waals surface area contributed by atoms with Crippen LogP contribution in [0.1, 0.15) is 44.9 Å². The minimum Gasteiger partial charge on any atom is -0.483 e. The molecular formula is C11H19NO3. The summed E-state index contributed by atoms with van der Waals surface area (Å²) in [5.74, 6) is 0.703. The van der Waals surface area contributed by atoms with E-state index in [1.165, 1.54) is 32.1 Å². The highest BCUT2D eigenvalue weighted by molar-refractivity contribution is 5.81. The van der Waals surface area contributed by atoms with E-state index < -0.39 is 0 Å². The average Bonchev–Trinajstić information content (AvgIpc) is 3.03. The highest BCUT2D eigenvalue weighted by Crippen LogP contribution is 2.29. The second-order valence-electron chi connectivity index (χ2n) is 4.22. The Labute approximate surface area is 90.0 Å². The predicted octanol–water partition coefficient (Wildman–Crippen LogP) is 1.55. The van der Waals surface area contributed by atoms with Gasteiger partial charge in [-0.15, -0.1) is 0 Å². The van der Waals surface area contributed by atoms with Crippen molar-refractivity contribution in [1.29, 1.82) is 0 Å². The van der Waals surface area contributed by atoms with E-state index in [2.05, 4.69) is 5.32 Å². The summed E-state index contributed by atoms with van der Waals surface area (Å²) in [4.78, 5) is 19.7. The van der Waals surface area contributed by atoms with Crippen molar-refractivity contribution in [2.24, 2.45) is 5.92 Å². The van der Waals surface area contributed by atoms with Crippen molar-refractivity contribution < 1.29 is 14.7 Å². The smallest absolute Gasteiger partial charge is 0.290 e. The summed E-state index contributed by atoms with van der Waals surface area (Å²) >= 11 is 0. The molecule has 2 aliphatic rings. The second-order valence-corrected chi connectivity index (χ2v) is 4.22. The molecule has 0 spiro atoms. The van der Waals surface area contributed by atoms with E-state index in [4.69, 9.17) is 9.90 Å². The molecule has 0 saturated heterocycles. The van der Waals surface area contributed by atoms with Crippen LogP contribution in [0.4, 0.5) is 0 Å². The number of rotatable bonds is 2. The Morgan fingerprint density at radius 3 is 2.13 bits per heavy atom. The first-order valence-electron chi connectivity index (χ1n) is 5.66. The van der Waals surface area contributed by atoms with E-state index in [-0.39, 0.29) is 6.47 Å². The molecule has 2 rings (SSSR count). The summed E-state index contributed by atoms with van der Waals surface area (Å²) in [6, 6.07) is 0.506. The number of amides is 1. The van der Waals surface area contributed by atoms with Crippen LogP contribution in [0.15, 0.2) is 0 Å². The van der Waals surface area contributed by atoms with Crippen LogP contribution in [-0.2, 0) is 9.59 Å². The van der Waals surface area contributed by atoms with Crippen LogP contribution >= 0.6 is 0 Å². The summed E-state index contributed by atoms with van der Waals surface area (Å²) in [6.45, 7) is -0.250. The maximum atomic E-state index is 11.4. The first-order chi connectivity index (χ1) is 7.27. The highest BCUT2D eigenvalue weighted by Gasteiger charge is 2.30. The van der Waals surface area contributed by atoms with E-state index in [9.17, 15) is 4.79 Å². The molecule has 86 valence electrons. The molecule has 1 amide bonds. The number of hydrogen-bond acceptors (Lipinski definition) is 2. The minimum atomic E-state index is -0.250. The Hall–Kier alpha value is -1.06. The first kappa shape index (κ1) is 12.0. The van der Waals surface area contributed by atoms with Crippen molar-refractivity contribution in [2.75, 3.05) is 0 Å². The standard InChI is InChI=1S/C10H17NO.CH2O2/c12-10(8-6-7-8)11-9-4-2-1-3-5-9;2-1-3/h8-9H,1-7H2,(H,11,12);1H,(H,2,3). The fourth-order valence-corrected chi connectivity index (χ4v) is 1.91. The fourth-order valence-electron chi connectivity index (χ4n) is 1.91. The lowest BCUT2D eigenvalue weighted by Crippen LogP contribution is -2.37. The van der Waals surface area contributed by atoms with Crippen LogP contribution in [0, 0.1) is 5.92 Å². The van der Waals surface area contributed by atoms with Crippen LogP contribution < -0.4 is 5.32 Å². The maximum absolute atomic E-state index is 11.4. The molecule has 0 aromatic carbocycles. The lowest BCUT2D eigenvalue weighted by molar-refractivity contribution is -0.123. The lowest BCUT2D eigenvalue weighted by atomic mass is 9.95. The summed E-state index contributed by atoms with van der Waals surface area (Å²) in [5.41, 5.74) is 0. The van der Waals surface area contributed by atoms with Crippen LogP contribution in [0.3, 0.4) is 0 Å². The van der Waals surface area contributed by atoms with Crippen LogP contribution in [-0.4, -0.2) is 23.5 Å². The van der Waals surface area contributed by atoms with Crippen molar-refractivity contribution in [3.05, 3.63) is 0 Å². The minimum absolute atomic E-state index is 0.250. The molecule has 0 heterocycles. The Morgan fingerprint density at radius 2 is 1.67 bits per heavy atom. The van der Waals surface area contributed by atoms with Crippen molar-refractivity contribution in [3.63, 3.8) is 0 Å². The van der Waals surface area contributed by atoms with Crippen molar-refractivity contribution in [2.45, 2.75) is 51.0 Å². The zero-order chi connectivity index (χ0) is 11.1. The molecular weight excluding hydrogens is 194 g/mol. The van der Waals surface area contributed by atoms with E-state index in [0.29, 0.717) is 17.9 Å². The summed E-state index contributed by atoms with van der Waals surface area (Å²) in [5, 5.41) is 10.0. The van der Waals surface area contributed by atoms with Gasteiger partial charge in [0, 0.05) is 12.0 Å². The van der Waals surface area contributed by atoms with E-state index in [1.807, 2.05) is 0 Å². The summed E-state index contributed by atoms with van der Waals surface area (Å²) in [7, 11) is 0. The Morgan fingerprint density at radius 1 is 1.13 bits per heavy atom. The topological polar surface area (TPSA) is 66.4 Å². The van der Waals surface area contributed by atoms with Crippen LogP contribution in [0.5, 0.6) is 0 Å². The van der Waals surface area contributed by atoms with Gasteiger partial charge in [0.25, 0.3) is 6.47 Å². The number of carboxylic acid groups (broad SMARTS) is 1. The molecule has 0 bridgehead atoms. The molecule has 2 aliphatic carbocycles. The number of carbonyl (C=O) groups is 2. The van der Waals surface area contributed by atoms with Gasteiger partial charge >= 0.3 is 0 Å². The normalized spacial score (nSPS) is 21.1. The van der Waals surface area contributed by atoms with Crippen molar-refractivity contribution in [1.82, 2.24) is 5.32 Å². The molecule has 2 N–H and O–H groups in total. The van der Waals surface area contributed by atoms with Gasteiger partial charge in [-0.05, 0) is 25.7 Å². The van der Waals surface area contributed by atoms with Gasteiger partial charge in [0.2, 0.25) is 5.91 Å². The molecule has 2 fully saturated rings. The third-order valence-corrected chi connectivity index (χ3v) is 2.90. The van der Waals surface area contributed by atoms with Gasteiger partial charge in [0.1, 0.15) is 0 Å². The molecule has 0 aromatic rings. The SMILES string of the molecule is O=C(NC1CCCCC1)C1CC1.O=CO. The fraction of sp³-hybridized carbons (Fsp3) is 0.818. The molecule has 0 aromatic heterocycles. The lowest BCUT2D eigenvalue weighted by Gasteiger charge is -2.22. The first-order valence-corrected chi connectivity index (χ1v) is 5.66. The van der Waals surface area contributed by atoms with Crippen molar-refractivity contribution in [3.8, 4) is 0 Å². The zero-order valence-electron chi connectivity index (χ0n) is 8.95. The molecule has 2 saturated carbocycles. The van der Waals surface area contributed by atoms with Gasteiger partial charge in [-0.2, -0.15) is 0 Å². The molecule has 0 aliphatic heterocycles. The third-order valence-electron chi connectivity index (χ3n) is 2.90. The molecule has 4 nitrogen and oxygen atoms in total. The third kappa shape index (κ3) is 4.81. The molecule has 0 radical (unpaired) electrons. The second kappa shape index (κ2) is 6.43. The summed E-state index contributed by atoms with van der Waals surface area (Å²) in [6.07, 6.45) is 8.62. The van der Waals surface area contributed by atoms with Gasteiger partial charge in [-0.25, -0.2) is 0 Å². The van der Waals surface area contributed by atoms with E-state index >= 15 is 0 Å². The van der Waals surface area contributed by atoms with E-state index in [0.717, 1.165) is 12.8 Å². The Bertz CT molecular complexity index is 208. The largest absolute Gasteiger partial charge is 0.483 e. The maximum Gasteiger partial charge on any atom is 0.290 e. The predicted molar refractivity (Wildman–Crippen MR) is 56.4 cm³/mol. The number of carbonyl (C=O) groups excluding carboxylic acids is 1. The molecule has 4 heteroatoms. The Kier molecular flexibility index (Phi) is 5.15. The molecule has 15 heavy (non-hydrogen) atoms. The van der Waals surface area contributed by atoms with Gasteiger partial charge < -0.3 is 10.4 Å². The summed E-state index contributed by atoms with van der Waals surface area (Å²) < 4.78 is 0. The zero-order valence-corrected chi connectivity index (χ0v) is 8.95. The van der Waals surface area contributed by atoms with Gasteiger partial charge in [0.15, 0.2) is 0 Å². The van der Waals surface area contributed by atoms with Gasteiger partial charge in [-0.1, -0.05) is 19.3 Å². The number of hydrogen-bond donors (Lipinski definition) is 2. The van der Waals surface area contributed by atoms with Crippen molar-refractivity contribution >= 4 is 12.4 Å². The number of nitrogens with one attached hydrogen (secondary N) is 1. The highest BCUT2D eigenvalue weighted by atomic mass is 16.3. The van der Waals surface area contributed by atoms with Crippen LogP contribution in [0.2, 0.25) is 0 Å². The monoisotopic (exact) mass is 213 g/mol. The molecule has 0 unspecified atom stereocenters. The van der Waals surface area contributed by atoms with Gasteiger partial charge in [0.05, 0.1) is 0 Å². The molecule has 0 atom stereocenters. The van der Waals surface area contributed by atoms with Gasteiger partial charge in [-0.3, -0.25) is 9.59 Å².